The highest BCUT2D eigenvalue weighted by atomic mass is 79.9. The summed E-state index contributed by atoms with van der Waals surface area (Å²) in [6.45, 7) is 3.39. The summed E-state index contributed by atoms with van der Waals surface area (Å²) in [5.74, 6) is -0.0719. The first-order valence-electron chi connectivity index (χ1n) is 14.7. The Labute approximate surface area is 263 Å². The lowest BCUT2D eigenvalue weighted by molar-refractivity contribution is -0.140. The zero-order chi connectivity index (χ0) is 31.0. The van der Waals surface area contributed by atoms with Crippen molar-refractivity contribution >= 4 is 43.5 Å². The molecule has 10 heteroatoms. The van der Waals surface area contributed by atoms with Gasteiger partial charge < -0.3 is 15.0 Å². The Kier molecular flexibility index (Phi) is 11.3. The van der Waals surface area contributed by atoms with Crippen LogP contribution in [-0.2, 0) is 26.2 Å². The third-order valence-corrected chi connectivity index (χ3v) is 10.1. The normalized spacial score (nSPS) is 14.5. The highest BCUT2D eigenvalue weighted by molar-refractivity contribution is 9.10. The number of carbonyl (C=O) groups excluding carboxylic acids is 2. The fourth-order valence-electron chi connectivity index (χ4n) is 5.40. The van der Waals surface area contributed by atoms with Gasteiger partial charge in [-0.05, 0) is 80.3 Å². The van der Waals surface area contributed by atoms with Crippen LogP contribution in [0, 0.1) is 6.92 Å². The van der Waals surface area contributed by atoms with Gasteiger partial charge in [-0.2, -0.15) is 0 Å². The fourth-order valence-corrected chi connectivity index (χ4v) is 7.08. The van der Waals surface area contributed by atoms with E-state index in [9.17, 15) is 18.0 Å². The number of nitrogens with zero attached hydrogens (tertiary/aromatic N) is 2. The summed E-state index contributed by atoms with van der Waals surface area (Å²) in [6, 6.07) is 19.9. The molecular weight excluding hydrogens is 630 g/mol. The van der Waals surface area contributed by atoms with E-state index in [1.165, 1.54) is 4.90 Å². The molecule has 0 saturated heterocycles. The van der Waals surface area contributed by atoms with Gasteiger partial charge in [0.05, 0.1) is 17.7 Å². The minimum Gasteiger partial charge on any atom is -0.497 e. The second kappa shape index (κ2) is 14.9. The molecule has 1 aliphatic carbocycles. The Morgan fingerprint density at radius 3 is 2.30 bits per heavy atom. The summed E-state index contributed by atoms with van der Waals surface area (Å²) in [5.41, 5.74) is 2.04. The maximum atomic E-state index is 14.3. The van der Waals surface area contributed by atoms with E-state index >= 15 is 0 Å². The van der Waals surface area contributed by atoms with Crippen molar-refractivity contribution in [2.24, 2.45) is 0 Å². The van der Waals surface area contributed by atoms with Gasteiger partial charge in [-0.25, -0.2) is 8.42 Å². The van der Waals surface area contributed by atoms with Crippen molar-refractivity contribution in [3.8, 4) is 5.75 Å². The number of hydrogen-bond acceptors (Lipinski definition) is 5. The summed E-state index contributed by atoms with van der Waals surface area (Å²) in [7, 11) is -2.55. The van der Waals surface area contributed by atoms with Crippen LogP contribution in [0.3, 0.4) is 0 Å². The molecule has 1 N–H and O–H groups in total. The molecule has 1 aliphatic rings. The van der Waals surface area contributed by atoms with Crippen LogP contribution in [0.25, 0.3) is 0 Å². The van der Waals surface area contributed by atoms with Gasteiger partial charge in [0.1, 0.15) is 18.3 Å². The largest absolute Gasteiger partial charge is 0.497 e. The molecule has 1 saturated carbocycles. The van der Waals surface area contributed by atoms with Crippen molar-refractivity contribution in [3.05, 3.63) is 88.4 Å². The molecule has 3 aromatic carbocycles. The fraction of sp³-hybridized carbons (Fsp3) is 0.394. The molecule has 1 fully saturated rings. The maximum Gasteiger partial charge on any atom is 0.264 e. The van der Waals surface area contributed by atoms with Gasteiger partial charge in [-0.3, -0.25) is 13.9 Å². The number of anilines is 1. The number of rotatable bonds is 12. The maximum absolute atomic E-state index is 14.3. The number of methoxy groups -OCH3 is 1. The summed E-state index contributed by atoms with van der Waals surface area (Å²) in [6.07, 6.45) is 5.49. The van der Waals surface area contributed by atoms with Crippen molar-refractivity contribution in [1.82, 2.24) is 10.2 Å². The first kappa shape index (κ1) is 32.5. The van der Waals surface area contributed by atoms with E-state index in [0.717, 1.165) is 52.0 Å². The lowest BCUT2D eigenvalue weighted by atomic mass is 9.95. The SMILES string of the molecule is CCC(C(=O)NC1CCCCC1)N(Cc1cccc(OC)c1)C(=O)CN(c1ccc(Br)cc1)S(=O)(=O)c1ccc(C)cc1. The minimum absolute atomic E-state index is 0.0743. The average molecular weight is 671 g/mol. The number of carbonyl (C=O) groups is 2. The van der Waals surface area contributed by atoms with Crippen LogP contribution in [-0.4, -0.2) is 50.9 Å². The number of aryl methyl sites for hydroxylation is 1. The summed E-state index contributed by atoms with van der Waals surface area (Å²) < 4.78 is 35.3. The smallest absolute Gasteiger partial charge is 0.264 e. The number of ether oxygens (including phenoxy) is 1. The summed E-state index contributed by atoms with van der Waals surface area (Å²) in [5, 5.41) is 3.17. The monoisotopic (exact) mass is 669 g/mol. The van der Waals surface area contributed by atoms with Crippen molar-refractivity contribution in [1.29, 1.82) is 0 Å². The third kappa shape index (κ3) is 8.38. The third-order valence-electron chi connectivity index (χ3n) is 7.83. The molecule has 0 bridgehead atoms. The number of halogens is 1. The minimum atomic E-state index is -4.12. The molecule has 0 heterocycles. The van der Waals surface area contributed by atoms with Crippen molar-refractivity contribution < 1.29 is 22.7 Å². The Morgan fingerprint density at radius 1 is 1.00 bits per heavy atom. The lowest BCUT2D eigenvalue weighted by Crippen LogP contribution is -2.54. The second-order valence-corrected chi connectivity index (χ2v) is 13.7. The Morgan fingerprint density at radius 2 is 1.67 bits per heavy atom. The number of hydrogen-bond donors (Lipinski definition) is 1. The van der Waals surface area contributed by atoms with E-state index in [0.29, 0.717) is 17.9 Å². The van der Waals surface area contributed by atoms with Crippen LogP contribution in [0.5, 0.6) is 5.75 Å². The number of sulfonamides is 1. The van der Waals surface area contributed by atoms with Gasteiger partial charge in [0.2, 0.25) is 11.8 Å². The average Bonchev–Trinajstić information content (AvgIpc) is 3.01. The first-order chi connectivity index (χ1) is 20.6. The molecule has 230 valence electrons. The molecule has 2 amide bonds. The Hall–Kier alpha value is -3.37. The molecule has 0 spiro atoms. The summed E-state index contributed by atoms with van der Waals surface area (Å²) in [4.78, 5) is 29.5. The Balaban J connectivity index is 1.71. The van der Waals surface area contributed by atoms with Gasteiger partial charge in [-0.1, -0.05) is 71.9 Å². The van der Waals surface area contributed by atoms with Gasteiger partial charge in [0, 0.05) is 17.1 Å². The van der Waals surface area contributed by atoms with Crippen molar-refractivity contribution in [2.45, 2.75) is 75.9 Å². The highest BCUT2D eigenvalue weighted by Gasteiger charge is 2.34. The molecule has 0 aliphatic heterocycles. The predicted molar refractivity (Wildman–Crippen MR) is 172 cm³/mol. The van der Waals surface area contributed by atoms with Crippen LogP contribution in [0.4, 0.5) is 5.69 Å². The van der Waals surface area contributed by atoms with E-state index in [1.54, 1.807) is 55.6 Å². The number of benzene rings is 3. The molecule has 43 heavy (non-hydrogen) atoms. The molecule has 8 nitrogen and oxygen atoms in total. The predicted octanol–water partition coefficient (Wildman–Crippen LogP) is 6.22. The van der Waals surface area contributed by atoms with Crippen molar-refractivity contribution in [2.75, 3.05) is 18.0 Å². The van der Waals surface area contributed by atoms with Gasteiger partial charge >= 0.3 is 0 Å². The van der Waals surface area contributed by atoms with E-state index in [-0.39, 0.29) is 23.4 Å². The van der Waals surface area contributed by atoms with Crippen LogP contribution in [0.15, 0.2) is 82.2 Å². The Bertz CT molecular complexity index is 1490. The van der Waals surface area contributed by atoms with Crippen LogP contribution in [0.2, 0.25) is 0 Å². The van der Waals surface area contributed by atoms with Crippen molar-refractivity contribution in [3.63, 3.8) is 0 Å². The first-order valence-corrected chi connectivity index (χ1v) is 16.9. The van der Waals surface area contributed by atoms with Gasteiger partial charge in [0.15, 0.2) is 0 Å². The molecular formula is C33H40BrN3O5S. The number of amides is 2. The topological polar surface area (TPSA) is 96.0 Å². The standard InChI is InChI=1S/C33H40BrN3O5S/c1-4-31(33(39)35-27-10-6-5-7-11-27)36(22-25-9-8-12-29(21-25)42-3)32(38)23-37(28-17-15-26(34)16-18-28)43(40,41)30-19-13-24(2)14-20-30/h8-9,12-21,27,31H,4-7,10-11,22-23H2,1-3H3,(H,35,39). The molecule has 0 radical (unpaired) electrons. The second-order valence-electron chi connectivity index (χ2n) is 10.9. The lowest BCUT2D eigenvalue weighted by Gasteiger charge is -2.34. The molecule has 1 unspecified atom stereocenters. The molecule has 0 aromatic heterocycles. The van der Waals surface area contributed by atoms with E-state index in [4.69, 9.17) is 4.74 Å². The zero-order valence-electron chi connectivity index (χ0n) is 25.0. The molecule has 3 aromatic rings. The summed E-state index contributed by atoms with van der Waals surface area (Å²) >= 11 is 3.41. The van der Waals surface area contributed by atoms with E-state index in [2.05, 4.69) is 21.2 Å². The van der Waals surface area contributed by atoms with Crippen LogP contribution >= 0.6 is 15.9 Å². The van der Waals surface area contributed by atoms with Crippen LogP contribution < -0.4 is 14.4 Å². The van der Waals surface area contributed by atoms with E-state index < -0.39 is 28.5 Å². The number of nitrogens with one attached hydrogen (secondary N) is 1. The van der Waals surface area contributed by atoms with Gasteiger partial charge in [0.25, 0.3) is 10.0 Å². The highest BCUT2D eigenvalue weighted by Crippen LogP contribution is 2.27. The van der Waals surface area contributed by atoms with Gasteiger partial charge in [-0.15, -0.1) is 0 Å². The quantitative estimate of drug-likeness (QED) is 0.247. The van der Waals surface area contributed by atoms with E-state index in [1.807, 2.05) is 38.1 Å². The molecule has 4 rings (SSSR count). The van der Waals surface area contributed by atoms with Crippen LogP contribution in [0.1, 0.15) is 56.6 Å². The molecule has 1 atom stereocenters. The zero-order valence-corrected chi connectivity index (χ0v) is 27.4.